The Morgan fingerprint density at radius 1 is 1.10 bits per heavy atom. The number of thiazole rings is 1. The van der Waals surface area contributed by atoms with E-state index < -0.39 is 27.9 Å². The molecule has 1 aromatic heterocycles. The normalized spacial score (nSPS) is 15.2. The van der Waals surface area contributed by atoms with Crippen LogP contribution in [0.25, 0.3) is 10.2 Å². The molecule has 2 heterocycles. The molecule has 206 valence electrons. The maximum Gasteiger partial charge on any atom is 0.243 e. The highest BCUT2D eigenvalue weighted by Gasteiger charge is 2.34. The predicted molar refractivity (Wildman–Crippen MR) is 147 cm³/mol. The monoisotopic (exact) mass is 571 g/mol. The van der Waals surface area contributed by atoms with Crippen molar-refractivity contribution in [2.75, 3.05) is 32.7 Å². The number of benzene rings is 2. The Kier molecular flexibility index (Phi) is 8.89. The number of amides is 2. The topological polar surface area (TPSA) is 179 Å². The van der Waals surface area contributed by atoms with E-state index in [0.717, 1.165) is 9.01 Å². The summed E-state index contributed by atoms with van der Waals surface area (Å²) in [6.07, 6.45) is 0.702. The first kappa shape index (κ1) is 28.1. The van der Waals surface area contributed by atoms with Gasteiger partial charge in [-0.05, 0) is 37.1 Å². The summed E-state index contributed by atoms with van der Waals surface area (Å²) < 4.78 is 27.7. The molecule has 1 aliphatic rings. The third-order valence-electron chi connectivity index (χ3n) is 6.14. The van der Waals surface area contributed by atoms with Crippen molar-refractivity contribution < 1.29 is 22.8 Å². The van der Waals surface area contributed by atoms with Gasteiger partial charge >= 0.3 is 0 Å². The average Bonchev–Trinajstić information content (AvgIpc) is 3.36. The van der Waals surface area contributed by atoms with Gasteiger partial charge in [0.25, 0.3) is 0 Å². The van der Waals surface area contributed by atoms with Crippen LogP contribution in [0.4, 0.5) is 0 Å². The molecule has 1 atom stereocenters. The van der Waals surface area contributed by atoms with Crippen LogP contribution in [-0.4, -0.2) is 84.9 Å². The van der Waals surface area contributed by atoms with Gasteiger partial charge in [-0.3, -0.25) is 19.8 Å². The van der Waals surface area contributed by atoms with Crippen molar-refractivity contribution in [3.05, 3.63) is 59.6 Å². The number of hydrogen-bond donors (Lipinski definition) is 4. The fraction of sp³-hybridized carbons (Fsp3) is 0.320. The highest BCUT2D eigenvalue weighted by molar-refractivity contribution is 7.89. The van der Waals surface area contributed by atoms with Crippen molar-refractivity contribution in [1.82, 2.24) is 24.8 Å². The maximum absolute atomic E-state index is 13.3. The minimum Gasteiger partial charge on any atom is -0.370 e. The number of nitrogens with two attached hydrogens (primary N) is 1. The van der Waals surface area contributed by atoms with Gasteiger partial charge in [0.2, 0.25) is 27.6 Å². The molecule has 14 heteroatoms. The van der Waals surface area contributed by atoms with E-state index in [2.05, 4.69) is 15.6 Å². The first-order valence-electron chi connectivity index (χ1n) is 12.2. The number of nitrogens with zero attached hydrogens (tertiary/aromatic N) is 3. The van der Waals surface area contributed by atoms with E-state index in [4.69, 9.17) is 11.1 Å². The van der Waals surface area contributed by atoms with Gasteiger partial charge in [0.05, 0.1) is 34.2 Å². The van der Waals surface area contributed by atoms with E-state index >= 15 is 0 Å². The maximum atomic E-state index is 13.3. The fourth-order valence-electron chi connectivity index (χ4n) is 4.14. The Hall–Kier alpha value is -3.88. The van der Waals surface area contributed by atoms with Crippen molar-refractivity contribution in [1.29, 1.82) is 5.41 Å². The zero-order valence-electron chi connectivity index (χ0n) is 21.0. The molecule has 0 saturated carbocycles. The molecule has 3 aromatic rings. The summed E-state index contributed by atoms with van der Waals surface area (Å²) in [5.74, 6) is -1.59. The number of rotatable bonds is 11. The molecule has 2 amide bonds. The van der Waals surface area contributed by atoms with Crippen LogP contribution >= 0.6 is 11.3 Å². The number of piperazine rings is 1. The third-order valence-corrected chi connectivity index (χ3v) is 9.05. The smallest absolute Gasteiger partial charge is 0.243 e. The van der Waals surface area contributed by atoms with Gasteiger partial charge in [-0.2, -0.15) is 4.31 Å². The van der Waals surface area contributed by atoms with Crippen LogP contribution in [0.5, 0.6) is 0 Å². The Balaban J connectivity index is 1.39. The van der Waals surface area contributed by atoms with Crippen molar-refractivity contribution >= 4 is 55.1 Å². The average molecular weight is 572 g/mol. The van der Waals surface area contributed by atoms with E-state index in [1.165, 1.54) is 28.4 Å². The van der Waals surface area contributed by atoms with Crippen molar-refractivity contribution in [3.63, 3.8) is 0 Å². The van der Waals surface area contributed by atoms with E-state index in [1.807, 2.05) is 18.2 Å². The molecule has 1 fully saturated rings. The number of hydrogen-bond acceptors (Lipinski definition) is 8. The Morgan fingerprint density at radius 3 is 2.51 bits per heavy atom. The number of carbonyl (C=O) groups excluding carboxylic acids is 3. The second kappa shape index (κ2) is 12.3. The van der Waals surface area contributed by atoms with Gasteiger partial charge in [-0.1, -0.05) is 30.3 Å². The number of guanidine groups is 1. The molecule has 4 rings (SSSR count). The van der Waals surface area contributed by atoms with E-state index in [0.29, 0.717) is 18.5 Å². The largest absolute Gasteiger partial charge is 0.370 e. The summed E-state index contributed by atoms with van der Waals surface area (Å²) >= 11 is 1.23. The minimum absolute atomic E-state index is 0.0390. The zero-order chi connectivity index (χ0) is 28.0. The Labute approximate surface area is 229 Å². The van der Waals surface area contributed by atoms with E-state index in [9.17, 15) is 22.8 Å². The lowest BCUT2D eigenvalue weighted by molar-refractivity contribution is -0.138. The summed E-state index contributed by atoms with van der Waals surface area (Å²) in [6, 6.07) is 14.3. The van der Waals surface area contributed by atoms with Crippen molar-refractivity contribution in [2.24, 2.45) is 5.73 Å². The molecule has 0 spiro atoms. The molecule has 1 unspecified atom stereocenters. The second-order valence-corrected chi connectivity index (χ2v) is 11.9. The number of nitrogens with one attached hydrogen (secondary N) is 3. The van der Waals surface area contributed by atoms with Gasteiger partial charge in [0.15, 0.2) is 11.0 Å². The number of sulfonamides is 1. The lowest BCUT2D eigenvalue weighted by Crippen LogP contribution is -2.55. The van der Waals surface area contributed by atoms with Crippen LogP contribution in [0.2, 0.25) is 0 Å². The molecule has 1 aliphatic heterocycles. The van der Waals surface area contributed by atoms with Gasteiger partial charge in [0, 0.05) is 19.6 Å². The molecular weight excluding hydrogens is 542 g/mol. The first-order chi connectivity index (χ1) is 18.6. The lowest BCUT2D eigenvalue weighted by Gasteiger charge is -2.33. The molecule has 12 nitrogen and oxygen atoms in total. The van der Waals surface area contributed by atoms with Gasteiger partial charge < -0.3 is 21.3 Å². The second-order valence-electron chi connectivity index (χ2n) is 8.92. The van der Waals surface area contributed by atoms with Crippen LogP contribution < -0.4 is 16.4 Å². The van der Waals surface area contributed by atoms with Crippen LogP contribution in [0.3, 0.4) is 0 Å². The van der Waals surface area contributed by atoms with Crippen LogP contribution in [0.1, 0.15) is 22.6 Å². The quantitative estimate of drug-likeness (QED) is 0.113. The molecule has 39 heavy (non-hydrogen) atoms. The molecular formula is C25H29N7O5S2. The first-order valence-corrected chi connectivity index (χ1v) is 14.5. The van der Waals surface area contributed by atoms with Crippen molar-refractivity contribution in [2.45, 2.75) is 23.8 Å². The molecule has 0 bridgehead atoms. The highest BCUT2D eigenvalue weighted by atomic mass is 32.2. The van der Waals surface area contributed by atoms with Crippen LogP contribution in [0.15, 0.2) is 59.5 Å². The molecule has 0 radical (unpaired) electrons. The number of fused-ring (bicyclic) bond motifs is 1. The molecule has 0 aliphatic carbocycles. The summed E-state index contributed by atoms with van der Waals surface area (Å²) in [7, 11) is -3.83. The number of ketones is 1. The number of Topliss-reactive ketones (excluding diaryl/α,β-unsaturated/α-hetero) is 1. The van der Waals surface area contributed by atoms with Crippen LogP contribution in [-0.2, 0) is 19.6 Å². The van der Waals surface area contributed by atoms with Crippen molar-refractivity contribution in [3.8, 4) is 0 Å². The van der Waals surface area contributed by atoms with Gasteiger partial charge in [-0.25, -0.2) is 13.4 Å². The number of aromatic nitrogens is 1. The summed E-state index contributed by atoms with van der Waals surface area (Å²) in [6.45, 7) is -0.272. The predicted octanol–water partition coefficient (Wildman–Crippen LogP) is 0.760. The van der Waals surface area contributed by atoms with E-state index in [1.54, 1.807) is 24.3 Å². The number of para-hydroxylation sites is 1. The Morgan fingerprint density at radius 2 is 1.82 bits per heavy atom. The SMILES string of the molecule is N=C(N)NCCCC(NC(=O)CN1CCN(S(=O)(=O)c2ccccc2)CC1=O)C(=O)c1nc2ccccc2s1. The zero-order valence-corrected chi connectivity index (χ0v) is 22.6. The fourth-order valence-corrected chi connectivity index (χ4v) is 6.50. The lowest BCUT2D eigenvalue weighted by atomic mass is 10.1. The highest BCUT2D eigenvalue weighted by Crippen LogP contribution is 2.23. The van der Waals surface area contributed by atoms with Gasteiger partial charge in [0.1, 0.15) is 0 Å². The van der Waals surface area contributed by atoms with E-state index in [-0.39, 0.29) is 54.2 Å². The molecule has 5 N–H and O–H groups in total. The standard InChI is InChI=1S/C25H29N7O5S2/c26-25(27)28-12-6-10-19(23(35)24-30-18-9-4-5-11-20(18)38-24)29-21(33)15-31-13-14-32(16-22(31)34)39(36,37)17-7-2-1-3-8-17/h1-5,7-9,11,19H,6,10,12-16H2,(H,29,33)(H4,26,27,28). The van der Waals surface area contributed by atoms with Crippen LogP contribution in [0, 0.1) is 5.41 Å². The third kappa shape index (κ3) is 6.96. The minimum atomic E-state index is -3.83. The molecule has 1 saturated heterocycles. The summed E-state index contributed by atoms with van der Waals surface area (Å²) in [5.41, 5.74) is 6.00. The molecule has 2 aromatic carbocycles. The summed E-state index contributed by atoms with van der Waals surface area (Å²) in [5, 5.41) is 12.9. The van der Waals surface area contributed by atoms with Gasteiger partial charge in [-0.15, -0.1) is 11.3 Å². The Bertz CT molecular complexity index is 1440. The summed E-state index contributed by atoms with van der Waals surface area (Å²) in [4.78, 5) is 44.8. The number of carbonyl (C=O) groups is 3.